The lowest BCUT2D eigenvalue weighted by Gasteiger charge is -2.32. The Morgan fingerprint density at radius 2 is 1.72 bits per heavy atom. The van der Waals surface area contributed by atoms with E-state index in [0.717, 1.165) is 31.7 Å². The normalized spacial score (nSPS) is 14.0. The number of allylic oxidation sites excluding steroid dienone is 4. The van der Waals surface area contributed by atoms with Crippen molar-refractivity contribution < 1.29 is 4.79 Å². The number of hydrogen-bond acceptors (Lipinski definition) is 2. The van der Waals surface area contributed by atoms with Crippen LogP contribution in [0.2, 0.25) is 0 Å². The number of amides is 1. The van der Waals surface area contributed by atoms with Gasteiger partial charge in [-0.2, -0.15) is 0 Å². The average molecular weight is 486 g/mol. The third-order valence-corrected chi connectivity index (χ3v) is 6.17. The molecule has 0 aliphatic carbocycles. The Balaban J connectivity index is 0.000000678. The molecule has 2 heterocycles. The highest BCUT2D eigenvalue weighted by atomic mass is 16.1. The summed E-state index contributed by atoms with van der Waals surface area (Å²) in [6, 6.07) is 18.9. The molecule has 0 spiro atoms. The van der Waals surface area contributed by atoms with Gasteiger partial charge in [0, 0.05) is 37.6 Å². The molecule has 2 aromatic rings. The van der Waals surface area contributed by atoms with Crippen molar-refractivity contribution in [1.29, 1.82) is 0 Å². The van der Waals surface area contributed by atoms with Gasteiger partial charge >= 0.3 is 0 Å². The highest BCUT2D eigenvalue weighted by molar-refractivity contribution is 5.92. The van der Waals surface area contributed by atoms with E-state index in [2.05, 4.69) is 95.9 Å². The van der Waals surface area contributed by atoms with Gasteiger partial charge in [-0.3, -0.25) is 4.79 Å². The number of benzene rings is 1. The first kappa shape index (κ1) is 28.9. The summed E-state index contributed by atoms with van der Waals surface area (Å²) >= 11 is 0. The first-order chi connectivity index (χ1) is 17.4. The van der Waals surface area contributed by atoms with Crippen molar-refractivity contribution in [2.24, 2.45) is 13.0 Å². The summed E-state index contributed by atoms with van der Waals surface area (Å²) in [5.41, 5.74) is 3.61. The molecule has 0 bridgehead atoms. The van der Waals surface area contributed by atoms with Gasteiger partial charge in [-0.15, -0.1) is 0 Å². The van der Waals surface area contributed by atoms with Crippen molar-refractivity contribution in [3.63, 3.8) is 0 Å². The number of rotatable bonds is 8. The smallest absolute Gasteiger partial charge is 0.226 e. The maximum absolute atomic E-state index is 12.0. The average Bonchev–Trinajstić information content (AvgIpc) is 2.98. The summed E-state index contributed by atoms with van der Waals surface area (Å²) in [6.45, 7) is 14.1. The van der Waals surface area contributed by atoms with E-state index in [-0.39, 0.29) is 11.8 Å². The van der Waals surface area contributed by atoms with Crippen LogP contribution in [0.1, 0.15) is 43.7 Å². The van der Waals surface area contributed by atoms with Crippen LogP contribution in [0.5, 0.6) is 0 Å². The number of anilines is 1. The SMILES string of the molecule is C=C/C=C\C=C.CC(C)C(=O)Nc1cccc(C2CCN(CCc3ccccccn(C)c3)CC2)c1. The maximum atomic E-state index is 12.0. The molecule has 0 atom stereocenters. The van der Waals surface area contributed by atoms with Crippen LogP contribution in [0.15, 0.2) is 104 Å². The van der Waals surface area contributed by atoms with Gasteiger partial charge in [0.2, 0.25) is 5.91 Å². The number of nitrogens with zero attached hydrogens (tertiary/aromatic N) is 2. The minimum atomic E-state index is -0.00379. The number of likely N-dealkylation sites (tertiary alicyclic amines) is 1. The first-order valence-electron chi connectivity index (χ1n) is 12.9. The monoisotopic (exact) mass is 485 g/mol. The van der Waals surface area contributed by atoms with E-state index >= 15 is 0 Å². The second-order valence-corrected chi connectivity index (χ2v) is 9.45. The maximum Gasteiger partial charge on any atom is 0.226 e. The molecule has 1 saturated heterocycles. The van der Waals surface area contributed by atoms with Gasteiger partial charge in [-0.1, -0.05) is 87.7 Å². The lowest BCUT2D eigenvalue weighted by Crippen LogP contribution is -2.34. The number of aromatic nitrogens is 1. The van der Waals surface area contributed by atoms with E-state index in [9.17, 15) is 4.79 Å². The molecule has 4 heteroatoms. The molecule has 36 heavy (non-hydrogen) atoms. The number of carbonyl (C=O) groups excluding carboxylic acids is 1. The van der Waals surface area contributed by atoms with Crippen molar-refractivity contribution in [2.45, 2.75) is 39.0 Å². The number of hydrogen-bond donors (Lipinski definition) is 1. The fourth-order valence-corrected chi connectivity index (χ4v) is 4.08. The van der Waals surface area contributed by atoms with Crippen molar-refractivity contribution in [2.75, 3.05) is 25.0 Å². The Bertz CT molecular complexity index is 1030. The number of piperidine rings is 1. The van der Waals surface area contributed by atoms with E-state index in [1.54, 1.807) is 12.2 Å². The first-order valence-corrected chi connectivity index (χ1v) is 12.9. The van der Waals surface area contributed by atoms with E-state index in [1.165, 1.54) is 24.0 Å². The molecule has 192 valence electrons. The van der Waals surface area contributed by atoms with Crippen LogP contribution in [0.3, 0.4) is 0 Å². The fraction of sp³-hybridized carbons (Fsp3) is 0.344. The number of aryl methyl sites for hydroxylation is 1. The van der Waals surface area contributed by atoms with Gasteiger partial charge in [-0.25, -0.2) is 0 Å². The molecule has 3 rings (SSSR count). The number of carbonyl (C=O) groups is 1. The molecular formula is C32H43N3O. The Hall–Kier alpha value is -3.37. The second kappa shape index (κ2) is 16.3. The second-order valence-electron chi connectivity index (χ2n) is 9.45. The zero-order valence-electron chi connectivity index (χ0n) is 22.3. The quantitative estimate of drug-likeness (QED) is 0.406. The summed E-state index contributed by atoms with van der Waals surface area (Å²) in [5.74, 6) is 0.644. The van der Waals surface area contributed by atoms with Gasteiger partial charge in [0.25, 0.3) is 0 Å². The fourth-order valence-electron chi connectivity index (χ4n) is 4.08. The van der Waals surface area contributed by atoms with E-state index in [1.807, 2.05) is 32.1 Å². The zero-order valence-corrected chi connectivity index (χ0v) is 22.3. The van der Waals surface area contributed by atoms with Crippen molar-refractivity contribution in [3.05, 3.63) is 116 Å². The summed E-state index contributed by atoms with van der Waals surface area (Å²) < 4.78 is 2.12. The van der Waals surface area contributed by atoms with Crippen LogP contribution >= 0.6 is 0 Å². The van der Waals surface area contributed by atoms with Crippen LogP contribution in [0.4, 0.5) is 5.69 Å². The summed E-state index contributed by atoms with van der Waals surface area (Å²) in [7, 11) is 2.08. The van der Waals surface area contributed by atoms with Gasteiger partial charge in [0.1, 0.15) is 0 Å². The standard InChI is InChI=1S/C26H35N3O.C6H8/c1-21(2)26(30)27-25-11-8-10-24(19-25)23-13-17-29(18-14-23)16-12-22-9-6-4-5-7-15-28(3)20-22;1-3-5-6-4-2/h4-11,15,19-21,23H,12-14,16-18H2,1-3H3,(H,27,30);3-6H,1-2H2/b;6-5-. The third kappa shape index (κ3) is 10.9. The highest BCUT2D eigenvalue weighted by Crippen LogP contribution is 2.29. The molecule has 1 N–H and O–H groups in total. The topological polar surface area (TPSA) is 37.3 Å². The minimum absolute atomic E-state index is 0.00379. The highest BCUT2D eigenvalue weighted by Gasteiger charge is 2.21. The molecule has 1 aromatic heterocycles. The van der Waals surface area contributed by atoms with Crippen LogP contribution < -0.4 is 5.32 Å². The Labute approximate surface area is 218 Å². The summed E-state index contributed by atoms with van der Waals surface area (Å²) in [5, 5.41) is 3.03. The Morgan fingerprint density at radius 3 is 2.39 bits per heavy atom. The molecule has 1 amide bonds. The van der Waals surface area contributed by atoms with Gasteiger partial charge in [0.05, 0.1) is 0 Å². The molecule has 0 saturated carbocycles. The van der Waals surface area contributed by atoms with Crippen LogP contribution in [0, 0.1) is 5.92 Å². The number of nitrogens with one attached hydrogen (secondary N) is 1. The molecule has 4 nitrogen and oxygen atoms in total. The Kier molecular flexibility index (Phi) is 13.1. The summed E-state index contributed by atoms with van der Waals surface area (Å²) in [4.78, 5) is 14.6. The zero-order chi connectivity index (χ0) is 26.2. The van der Waals surface area contributed by atoms with E-state index < -0.39 is 0 Å². The molecular weight excluding hydrogens is 442 g/mol. The van der Waals surface area contributed by atoms with Crippen molar-refractivity contribution in [3.8, 4) is 0 Å². The lowest BCUT2D eigenvalue weighted by molar-refractivity contribution is -0.118. The largest absolute Gasteiger partial charge is 0.357 e. The van der Waals surface area contributed by atoms with Crippen LogP contribution in [-0.2, 0) is 18.3 Å². The van der Waals surface area contributed by atoms with E-state index in [0.29, 0.717) is 5.92 Å². The molecule has 0 unspecified atom stereocenters. The Morgan fingerprint density at radius 1 is 1.03 bits per heavy atom. The predicted octanol–water partition coefficient (Wildman–Crippen LogP) is 7.08. The van der Waals surface area contributed by atoms with Crippen molar-refractivity contribution in [1.82, 2.24) is 9.47 Å². The molecule has 1 aliphatic heterocycles. The third-order valence-electron chi connectivity index (χ3n) is 6.17. The molecule has 1 fully saturated rings. The van der Waals surface area contributed by atoms with Gasteiger partial charge < -0.3 is 14.8 Å². The van der Waals surface area contributed by atoms with Crippen LogP contribution in [-0.4, -0.2) is 35.0 Å². The lowest BCUT2D eigenvalue weighted by atomic mass is 9.89. The molecule has 1 aliphatic rings. The van der Waals surface area contributed by atoms with E-state index in [4.69, 9.17) is 0 Å². The molecule has 1 aromatic carbocycles. The van der Waals surface area contributed by atoms with Gasteiger partial charge in [0.15, 0.2) is 0 Å². The van der Waals surface area contributed by atoms with Crippen molar-refractivity contribution >= 4 is 11.6 Å². The predicted molar refractivity (Wildman–Crippen MR) is 155 cm³/mol. The van der Waals surface area contributed by atoms with Gasteiger partial charge in [-0.05, 0) is 67.6 Å². The minimum Gasteiger partial charge on any atom is -0.357 e. The summed E-state index contributed by atoms with van der Waals surface area (Å²) in [6.07, 6.45) is 14.8. The molecule has 0 radical (unpaired) electrons. The van der Waals surface area contributed by atoms with Crippen LogP contribution in [0.25, 0.3) is 0 Å².